The number of hydrogen-bond donors (Lipinski definition) is 3. The molecule has 1 saturated heterocycles. The number of nitrogens with two attached hydrogens (primary N) is 1. The van der Waals surface area contributed by atoms with E-state index < -0.39 is 0 Å². The first-order valence-corrected chi connectivity index (χ1v) is 9.83. The van der Waals surface area contributed by atoms with Gasteiger partial charge >= 0.3 is 0 Å². The Labute approximate surface area is 162 Å². The topological polar surface area (TPSA) is 92.0 Å². The number of aliphatic imine (C=N–C) groups is 1. The highest BCUT2D eigenvalue weighted by Crippen LogP contribution is 2.16. The molecule has 1 heterocycles. The lowest BCUT2D eigenvalue weighted by molar-refractivity contribution is -0.123. The summed E-state index contributed by atoms with van der Waals surface area (Å²) in [6, 6.07) is 9.79. The number of carbonyl (C=O) groups excluding carboxylic acids is 1. The van der Waals surface area contributed by atoms with Gasteiger partial charge in [-0.2, -0.15) is 0 Å². The maximum Gasteiger partial charge on any atom is 0.220 e. The minimum atomic E-state index is -0.146. The fourth-order valence-corrected chi connectivity index (χ4v) is 3.18. The normalized spacial score (nSPS) is 16.1. The first-order chi connectivity index (χ1) is 13.2. The van der Waals surface area contributed by atoms with Crippen molar-refractivity contribution in [2.24, 2.45) is 16.6 Å². The molecule has 0 unspecified atom stereocenters. The lowest BCUT2D eigenvalue weighted by Gasteiger charge is -2.30. The number of nitrogens with one attached hydrogen (secondary N) is 2. The molecular weight excluding hydrogens is 342 g/mol. The van der Waals surface area contributed by atoms with Gasteiger partial charge in [-0.15, -0.1) is 0 Å². The number of amides is 1. The highest BCUT2D eigenvalue weighted by atomic mass is 16.5. The van der Waals surface area contributed by atoms with E-state index >= 15 is 0 Å². The summed E-state index contributed by atoms with van der Waals surface area (Å²) in [5.74, 6) is 1.60. The van der Waals surface area contributed by atoms with Crippen molar-refractivity contribution in [3.63, 3.8) is 0 Å². The smallest absolute Gasteiger partial charge is 0.220 e. The summed E-state index contributed by atoms with van der Waals surface area (Å²) in [5.41, 5.74) is 5.38. The van der Waals surface area contributed by atoms with Crippen molar-refractivity contribution < 1.29 is 9.53 Å². The zero-order valence-corrected chi connectivity index (χ0v) is 16.3. The molecule has 1 aliphatic rings. The molecule has 1 fully saturated rings. The standard InChI is InChI=1S/C20H33N5O2/c1-22-20(24-12-16-27-18-7-3-2-4-8-18)23-11-5-6-13-25-14-9-17(10-15-25)19(21)26/h2-4,7-8,17H,5-6,9-16H2,1H3,(H2,21,26)(H2,22,23,24). The van der Waals surface area contributed by atoms with Crippen molar-refractivity contribution in [1.29, 1.82) is 0 Å². The molecule has 1 aromatic rings. The number of nitrogens with zero attached hydrogens (tertiary/aromatic N) is 2. The van der Waals surface area contributed by atoms with Crippen LogP contribution in [0.2, 0.25) is 0 Å². The number of hydrogen-bond acceptors (Lipinski definition) is 4. The van der Waals surface area contributed by atoms with Gasteiger partial charge in [0.25, 0.3) is 0 Å². The number of primary amides is 1. The highest BCUT2D eigenvalue weighted by Gasteiger charge is 2.22. The van der Waals surface area contributed by atoms with E-state index in [2.05, 4.69) is 20.5 Å². The summed E-state index contributed by atoms with van der Waals surface area (Å²) in [7, 11) is 1.77. The largest absolute Gasteiger partial charge is 0.492 e. The zero-order chi connectivity index (χ0) is 19.3. The molecule has 0 radical (unpaired) electrons. The number of guanidine groups is 1. The van der Waals surface area contributed by atoms with Crippen LogP contribution >= 0.6 is 0 Å². The van der Waals surface area contributed by atoms with Crippen LogP contribution in [0.4, 0.5) is 0 Å². The number of carbonyl (C=O) groups is 1. The average Bonchev–Trinajstić information content (AvgIpc) is 2.70. The molecule has 2 rings (SSSR count). The van der Waals surface area contributed by atoms with Crippen LogP contribution in [-0.4, -0.2) is 63.1 Å². The summed E-state index contributed by atoms with van der Waals surface area (Å²) in [6.45, 7) is 5.20. The number of likely N-dealkylation sites (tertiary alicyclic amines) is 1. The number of piperidine rings is 1. The van der Waals surface area contributed by atoms with E-state index in [1.165, 1.54) is 0 Å². The second kappa shape index (κ2) is 12.2. The van der Waals surface area contributed by atoms with Gasteiger partial charge in [0.15, 0.2) is 5.96 Å². The molecule has 7 nitrogen and oxygen atoms in total. The van der Waals surface area contributed by atoms with Gasteiger partial charge in [-0.1, -0.05) is 18.2 Å². The number of ether oxygens (including phenoxy) is 1. The third kappa shape index (κ3) is 8.30. The molecule has 4 N–H and O–H groups in total. The molecule has 0 saturated carbocycles. The monoisotopic (exact) mass is 375 g/mol. The molecule has 0 aliphatic carbocycles. The van der Waals surface area contributed by atoms with Crippen molar-refractivity contribution in [1.82, 2.24) is 15.5 Å². The Kier molecular flexibility index (Phi) is 9.48. The van der Waals surface area contributed by atoms with Crippen LogP contribution in [-0.2, 0) is 4.79 Å². The average molecular weight is 376 g/mol. The van der Waals surface area contributed by atoms with Crippen LogP contribution in [0.25, 0.3) is 0 Å². The van der Waals surface area contributed by atoms with Gasteiger partial charge in [-0.05, 0) is 57.5 Å². The van der Waals surface area contributed by atoms with E-state index in [1.54, 1.807) is 7.05 Å². The van der Waals surface area contributed by atoms with E-state index in [4.69, 9.17) is 10.5 Å². The Morgan fingerprint density at radius 1 is 1.19 bits per heavy atom. The summed E-state index contributed by atoms with van der Waals surface area (Å²) in [5, 5.41) is 6.59. The second-order valence-electron chi connectivity index (χ2n) is 6.81. The lowest BCUT2D eigenvalue weighted by atomic mass is 9.96. The van der Waals surface area contributed by atoms with E-state index in [1.807, 2.05) is 30.3 Å². The molecule has 0 spiro atoms. The molecule has 1 amide bonds. The summed E-state index contributed by atoms with van der Waals surface area (Å²) in [4.78, 5) is 17.8. The molecule has 1 aliphatic heterocycles. The van der Waals surface area contributed by atoms with Crippen LogP contribution in [0.3, 0.4) is 0 Å². The zero-order valence-electron chi connectivity index (χ0n) is 16.3. The van der Waals surface area contributed by atoms with Gasteiger partial charge < -0.3 is 26.0 Å². The first-order valence-electron chi connectivity index (χ1n) is 9.83. The molecule has 0 atom stereocenters. The Hall–Kier alpha value is -2.28. The van der Waals surface area contributed by atoms with Crippen molar-refractivity contribution in [3.8, 4) is 5.75 Å². The quantitative estimate of drug-likeness (QED) is 0.325. The van der Waals surface area contributed by atoms with Crippen LogP contribution in [0.5, 0.6) is 5.75 Å². The molecular formula is C20H33N5O2. The number of para-hydroxylation sites is 1. The van der Waals surface area contributed by atoms with Gasteiger partial charge in [0.2, 0.25) is 5.91 Å². The van der Waals surface area contributed by atoms with Gasteiger partial charge in [0, 0.05) is 19.5 Å². The fraction of sp³-hybridized carbons (Fsp3) is 0.600. The molecule has 27 heavy (non-hydrogen) atoms. The summed E-state index contributed by atoms with van der Waals surface area (Å²) >= 11 is 0. The lowest BCUT2D eigenvalue weighted by Crippen LogP contribution is -2.40. The maximum absolute atomic E-state index is 11.2. The predicted octanol–water partition coefficient (Wildman–Crippen LogP) is 1.21. The van der Waals surface area contributed by atoms with Crippen molar-refractivity contribution in [3.05, 3.63) is 30.3 Å². The third-order valence-electron chi connectivity index (χ3n) is 4.81. The number of unbranched alkanes of at least 4 members (excludes halogenated alkanes) is 1. The Bertz CT molecular complexity index is 571. The van der Waals surface area contributed by atoms with Crippen LogP contribution in [0.15, 0.2) is 35.3 Å². The molecule has 0 aromatic heterocycles. The fourth-order valence-electron chi connectivity index (χ4n) is 3.18. The van der Waals surface area contributed by atoms with Crippen molar-refractivity contribution >= 4 is 11.9 Å². The third-order valence-corrected chi connectivity index (χ3v) is 4.81. The molecule has 7 heteroatoms. The van der Waals surface area contributed by atoms with Crippen LogP contribution in [0, 0.1) is 5.92 Å². The molecule has 0 bridgehead atoms. The van der Waals surface area contributed by atoms with Crippen molar-refractivity contribution in [2.75, 3.05) is 46.4 Å². The van der Waals surface area contributed by atoms with Crippen LogP contribution in [0.1, 0.15) is 25.7 Å². The van der Waals surface area contributed by atoms with Crippen molar-refractivity contribution in [2.45, 2.75) is 25.7 Å². The summed E-state index contributed by atoms with van der Waals surface area (Å²) < 4.78 is 5.65. The summed E-state index contributed by atoms with van der Waals surface area (Å²) in [6.07, 6.45) is 4.00. The van der Waals surface area contributed by atoms with E-state index in [9.17, 15) is 4.79 Å². The minimum absolute atomic E-state index is 0.0724. The Morgan fingerprint density at radius 3 is 2.56 bits per heavy atom. The van der Waals surface area contributed by atoms with Gasteiger partial charge in [-0.3, -0.25) is 9.79 Å². The second-order valence-corrected chi connectivity index (χ2v) is 6.81. The van der Waals surface area contributed by atoms with E-state index in [-0.39, 0.29) is 11.8 Å². The highest BCUT2D eigenvalue weighted by molar-refractivity contribution is 5.79. The Balaban J connectivity index is 1.48. The van der Waals surface area contributed by atoms with E-state index in [0.717, 1.165) is 63.6 Å². The Morgan fingerprint density at radius 2 is 1.89 bits per heavy atom. The number of benzene rings is 1. The molecule has 150 valence electrons. The van der Waals surface area contributed by atoms with Gasteiger partial charge in [-0.25, -0.2) is 0 Å². The first kappa shape index (κ1) is 21.0. The molecule has 1 aromatic carbocycles. The van der Waals surface area contributed by atoms with Crippen LogP contribution < -0.4 is 21.1 Å². The van der Waals surface area contributed by atoms with E-state index in [0.29, 0.717) is 13.2 Å². The SMILES string of the molecule is CN=C(NCCCCN1CCC(C(N)=O)CC1)NCCOc1ccccc1. The minimum Gasteiger partial charge on any atom is -0.492 e. The maximum atomic E-state index is 11.2. The van der Waals surface area contributed by atoms with Gasteiger partial charge in [0.05, 0.1) is 6.54 Å². The number of rotatable bonds is 10. The van der Waals surface area contributed by atoms with Gasteiger partial charge in [0.1, 0.15) is 12.4 Å². The predicted molar refractivity (Wildman–Crippen MR) is 109 cm³/mol.